The number of aromatic nitrogens is 2. The molecule has 0 fully saturated rings. The van der Waals surface area contributed by atoms with Crippen LogP contribution in [0.4, 0.5) is 10.1 Å². The highest BCUT2D eigenvalue weighted by molar-refractivity contribution is 9.10. The number of sulfonamides is 1. The smallest absolute Gasteiger partial charge is 0.208 e. The minimum Gasteiger partial charge on any atom is -0.290 e. The van der Waals surface area contributed by atoms with E-state index in [1.54, 1.807) is 0 Å². The standard InChI is InChI=1S/C13H15BrFN5O4S/c1-25(22,23)16-6-2-3-11-12(20-24-19-11)13(18-21)17-8-4-5-10(15)9(14)7-8/h4-5,7,16,21H,2-3,6H2,1H3,(H,17,18). The Morgan fingerprint density at radius 1 is 1.44 bits per heavy atom. The second-order valence-corrected chi connectivity index (χ2v) is 7.69. The van der Waals surface area contributed by atoms with Gasteiger partial charge in [-0.1, -0.05) is 5.16 Å². The lowest BCUT2D eigenvalue weighted by Crippen LogP contribution is -2.24. The number of hydrogen-bond donors (Lipinski definition) is 3. The molecular weight excluding hydrogens is 421 g/mol. The van der Waals surface area contributed by atoms with Crippen LogP contribution in [0.15, 0.2) is 32.3 Å². The molecule has 1 heterocycles. The maximum Gasteiger partial charge on any atom is 0.208 e. The molecule has 3 N–H and O–H groups in total. The van der Waals surface area contributed by atoms with E-state index in [0.29, 0.717) is 24.2 Å². The van der Waals surface area contributed by atoms with Crippen molar-refractivity contribution in [3.05, 3.63) is 39.9 Å². The van der Waals surface area contributed by atoms with Gasteiger partial charge in [-0.2, -0.15) is 0 Å². The van der Waals surface area contributed by atoms with Gasteiger partial charge in [0.1, 0.15) is 11.5 Å². The average molecular weight is 436 g/mol. The minimum absolute atomic E-state index is 0.0363. The van der Waals surface area contributed by atoms with Crippen molar-refractivity contribution in [1.82, 2.24) is 20.5 Å². The van der Waals surface area contributed by atoms with Crippen LogP contribution in [0.3, 0.4) is 0 Å². The average Bonchev–Trinajstić information content (AvgIpc) is 3.00. The molecule has 136 valence electrons. The van der Waals surface area contributed by atoms with E-state index < -0.39 is 15.8 Å². The van der Waals surface area contributed by atoms with Crippen LogP contribution in [0, 0.1) is 5.82 Å². The van der Waals surface area contributed by atoms with E-state index in [0.717, 1.165) is 6.26 Å². The summed E-state index contributed by atoms with van der Waals surface area (Å²) in [4.78, 5) is 4.13. The summed E-state index contributed by atoms with van der Waals surface area (Å²) in [6.07, 6.45) is 1.85. The normalized spacial score (nSPS) is 12.4. The van der Waals surface area contributed by atoms with Crippen LogP contribution in [-0.4, -0.2) is 42.6 Å². The lowest BCUT2D eigenvalue weighted by atomic mass is 10.2. The van der Waals surface area contributed by atoms with Crippen LogP contribution < -0.4 is 10.2 Å². The van der Waals surface area contributed by atoms with Crippen LogP contribution >= 0.6 is 15.9 Å². The molecule has 0 spiro atoms. The third-order valence-corrected chi connectivity index (χ3v) is 4.32. The Morgan fingerprint density at radius 2 is 2.20 bits per heavy atom. The number of amidine groups is 1. The zero-order valence-electron chi connectivity index (χ0n) is 13.0. The van der Waals surface area contributed by atoms with Crippen LogP contribution in [0.5, 0.6) is 0 Å². The molecule has 0 saturated carbocycles. The topological polar surface area (TPSA) is 130 Å². The molecule has 0 radical (unpaired) electrons. The summed E-state index contributed by atoms with van der Waals surface area (Å²) >= 11 is 3.05. The maximum atomic E-state index is 13.3. The Hall–Kier alpha value is -1.89. The summed E-state index contributed by atoms with van der Waals surface area (Å²) in [6.45, 7) is 0.217. The summed E-state index contributed by atoms with van der Waals surface area (Å²) < 4.78 is 42.5. The van der Waals surface area contributed by atoms with Crippen LogP contribution in [0.25, 0.3) is 0 Å². The highest BCUT2D eigenvalue weighted by Gasteiger charge is 2.16. The number of hydrogen-bond acceptors (Lipinski definition) is 7. The number of aryl methyl sites for hydroxylation is 1. The van der Waals surface area contributed by atoms with E-state index in [2.05, 4.69) is 40.6 Å². The molecule has 0 unspecified atom stereocenters. The van der Waals surface area contributed by atoms with Crippen molar-refractivity contribution in [1.29, 1.82) is 0 Å². The predicted molar refractivity (Wildman–Crippen MR) is 90.7 cm³/mol. The first-order chi connectivity index (χ1) is 11.8. The molecule has 0 saturated heterocycles. The molecule has 9 nitrogen and oxygen atoms in total. The molecule has 0 bridgehead atoms. The molecule has 1 aromatic heterocycles. The first-order valence-electron chi connectivity index (χ1n) is 7.00. The van der Waals surface area contributed by atoms with Gasteiger partial charge in [0.05, 0.1) is 16.4 Å². The molecule has 0 aliphatic heterocycles. The number of aliphatic imine (C=N–C) groups is 1. The SMILES string of the molecule is CS(=O)(=O)NCCCc1nonc1C(=Nc1ccc(F)c(Br)c1)NO. The van der Waals surface area contributed by atoms with Crippen molar-refractivity contribution in [3.63, 3.8) is 0 Å². The summed E-state index contributed by atoms with van der Waals surface area (Å²) in [6, 6.07) is 4.06. The number of nitrogens with one attached hydrogen (secondary N) is 2. The molecule has 0 aliphatic carbocycles. The van der Waals surface area contributed by atoms with Gasteiger partial charge in [0.15, 0.2) is 11.5 Å². The molecule has 25 heavy (non-hydrogen) atoms. The lowest BCUT2D eigenvalue weighted by molar-refractivity contribution is 0.234. The van der Waals surface area contributed by atoms with Crippen molar-refractivity contribution >= 4 is 37.5 Å². The fourth-order valence-electron chi connectivity index (χ4n) is 1.88. The molecule has 0 amide bonds. The molecule has 0 atom stereocenters. The third-order valence-electron chi connectivity index (χ3n) is 2.99. The number of hydroxylamine groups is 1. The van der Waals surface area contributed by atoms with E-state index in [9.17, 15) is 18.0 Å². The highest BCUT2D eigenvalue weighted by Crippen LogP contribution is 2.22. The monoisotopic (exact) mass is 435 g/mol. The predicted octanol–water partition coefficient (Wildman–Crippen LogP) is 1.51. The van der Waals surface area contributed by atoms with E-state index in [-0.39, 0.29) is 22.5 Å². The van der Waals surface area contributed by atoms with Crippen LogP contribution in [0.2, 0.25) is 0 Å². The first kappa shape index (κ1) is 19.4. The van der Waals surface area contributed by atoms with Crippen molar-refractivity contribution in [2.24, 2.45) is 4.99 Å². The fourth-order valence-corrected chi connectivity index (χ4v) is 2.76. The summed E-state index contributed by atoms with van der Waals surface area (Å²) in [5.74, 6) is -0.481. The lowest BCUT2D eigenvalue weighted by Gasteiger charge is -2.04. The van der Waals surface area contributed by atoms with Gasteiger partial charge in [0, 0.05) is 6.54 Å². The van der Waals surface area contributed by atoms with E-state index in [1.807, 2.05) is 5.48 Å². The van der Waals surface area contributed by atoms with Crippen molar-refractivity contribution < 1.29 is 22.6 Å². The zero-order chi connectivity index (χ0) is 18.4. The molecule has 0 aliphatic rings. The Balaban J connectivity index is 2.14. The Kier molecular flexibility index (Phi) is 6.58. The minimum atomic E-state index is -3.27. The molecule has 1 aromatic carbocycles. The fraction of sp³-hybridized carbons (Fsp3) is 0.308. The molecule has 12 heteroatoms. The Morgan fingerprint density at radius 3 is 2.84 bits per heavy atom. The summed E-state index contributed by atoms with van der Waals surface area (Å²) in [5.41, 5.74) is 2.82. The number of halogens is 2. The molecule has 2 rings (SSSR count). The number of rotatable bonds is 7. The maximum absolute atomic E-state index is 13.3. The van der Waals surface area contributed by atoms with E-state index >= 15 is 0 Å². The van der Waals surface area contributed by atoms with Crippen LogP contribution in [0.1, 0.15) is 17.8 Å². The highest BCUT2D eigenvalue weighted by atomic mass is 79.9. The zero-order valence-corrected chi connectivity index (χ0v) is 15.4. The Labute approximate surface area is 151 Å². The van der Waals surface area contributed by atoms with Gasteiger partial charge in [-0.15, -0.1) is 0 Å². The van der Waals surface area contributed by atoms with Gasteiger partial charge in [-0.25, -0.2) is 27.2 Å². The largest absolute Gasteiger partial charge is 0.290 e. The number of benzene rings is 1. The molecular formula is C13H15BrFN5O4S. The van der Waals surface area contributed by atoms with Gasteiger partial charge < -0.3 is 0 Å². The van der Waals surface area contributed by atoms with Gasteiger partial charge in [0.25, 0.3) is 0 Å². The van der Waals surface area contributed by atoms with Crippen LogP contribution in [-0.2, 0) is 16.4 Å². The first-order valence-corrected chi connectivity index (χ1v) is 9.69. The third kappa shape index (κ3) is 5.85. The van der Waals surface area contributed by atoms with E-state index in [1.165, 1.54) is 18.2 Å². The van der Waals surface area contributed by atoms with Gasteiger partial charge in [-0.3, -0.25) is 10.7 Å². The van der Waals surface area contributed by atoms with Gasteiger partial charge in [-0.05, 0) is 52.1 Å². The van der Waals surface area contributed by atoms with E-state index in [4.69, 9.17) is 0 Å². The molecule has 2 aromatic rings. The number of nitrogens with zero attached hydrogens (tertiary/aromatic N) is 3. The quantitative estimate of drug-likeness (QED) is 0.260. The Bertz CT molecular complexity index is 871. The van der Waals surface area contributed by atoms with Gasteiger partial charge >= 0.3 is 0 Å². The van der Waals surface area contributed by atoms with Gasteiger partial charge in [0.2, 0.25) is 10.0 Å². The summed E-state index contributed by atoms with van der Waals surface area (Å²) in [7, 11) is -3.27. The second-order valence-electron chi connectivity index (χ2n) is 5.00. The summed E-state index contributed by atoms with van der Waals surface area (Å²) in [5, 5.41) is 16.7. The van der Waals surface area contributed by atoms with Crippen molar-refractivity contribution in [2.75, 3.05) is 12.8 Å². The van der Waals surface area contributed by atoms with Crippen molar-refractivity contribution in [3.8, 4) is 0 Å². The van der Waals surface area contributed by atoms with Crippen molar-refractivity contribution in [2.45, 2.75) is 12.8 Å². The second kappa shape index (κ2) is 8.47.